The number of anilines is 1. The van der Waals surface area contributed by atoms with Crippen molar-refractivity contribution in [2.75, 3.05) is 19.5 Å². The van der Waals surface area contributed by atoms with Gasteiger partial charge in [-0.15, -0.1) is 0 Å². The number of imidazole rings is 1. The predicted molar refractivity (Wildman–Crippen MR) is 81.6 cm³/mol. The van der Waals surface area contributed by atoms with Crippen LogP contribution < -0.4 is 5.73 Å². The Kier molecular flexibility index (Phi) is 4.19. The molecule has 9 nitrogen and oxygen atoms in total. The van der Waals surface area contributed by atoms with Gasteiger partial charge in [-0.2, -0.15) is 0 Å². The van der Waals surface area contributed by atoms with Crippen molar-refractivity contribution in [1.82, 2.24) is 19.5 Å². The molecule has 1 saturated heterocycles. The Balaban J connectivity index is 2.09. The van der Waals surface area contributed by atoms with Gasteiger partial charge in [0.05, 0.1) is 12.9 Å². The molecule has 0 aromatic carbocycles. The maximum atomic E-state index is 10.2. The Morgan fingerprint density at radius 2 is 2.17 bits per heavy atom. The van der Waals surface area contributed by atoms with Crippen LogP contribution in [0.1, 0.15) is 31.8 Å². The number of nitrogens with two attached hydrogens (primary N) is 1. The molecule has 4 atom stereocenters. The zero-order valence-electron chi connectivity index (χ0n) is 13.2. The molecule has 9 heteroatoms. The number of methoxy groups -OCH3 is 1. The Hall–Kier alpha value is -1.81. The summed E-state index contributed by atoms with van der Waals surface area (Å²) in [5.41, 5.74) is 6.95. The van der Waals surface area contributed by atoms with Gasteiger partial charge in [0.15, 0.2) is 17.7 Å². The summed E-state index contributed by atoms with van der Waals surface area (Å²) in [5, 5.41) is 19.5. The highest BCUT2D eigenvalue weighted by Gasteiger charge is 2.45. The minimum absolute atomic E-state index is 0.101. The van der Waals surface area contributed by atoms with E-state index in [0.717, 1.165) is 0 Å². The minimum atomic E-state index is -0.948. The van der Waals surface area contributed by atoms with E-state index in [1.54, 1.807) is 4.57 Å². The number of aliphatic hydroxyl groups is 2. The summed E-state index contributed by atoms with van der Waals surface area (Å²) in [6.45, 7) is 3.63. The average Bonchev–Trinajstić information content (AvgIpc) is 3.07. The number of rotatable bonds is 4. The van der Waals surface area contributed by atoms with Crippen molar-refractivity contribution in [2.24, 2.45) is 0 Å². The Morgan fingerprint density at radius 3 is 2.78 bits per heavy atom. The van der Waals surface area contributed by atoms with Gasteiger partial charge in [0.1, 0.15) is 29.7 Å². The summed E-state index contributed by atoms with van der Waals surface area (Å²) in [6.07, 6.45) is -1.46. The molecule has 1 aliphatic rings. The van der Waals surface area contributed by atoms with Crippen molar-refractivity contribution in [3.05, 3.63) is 12.2 Å². The molecule has 4 N–H and O–H groups in total. The third-order valence-corrected chi connectivity index (χ3v) is 4.02. The second kappa shape index (κ2) is 6.00. The molecule has 3 heterocycles. The number of hydrogen-bond donors (Lipinski definition) is 3. The van der Waals surface area contributed by atoms with Gasteiger partial charge in [-0.3, -0.25) is 4.57 Å². The van der Waals surface area contributed by atoms with E-state index in [-0.39, 0.29) is 12.5 Å². The van der Waals surface area contributed by atoms with Crippen LogP contribution in [0.25, 0.3) is 11.2 Å². The molecule has 3 rings (SSSR count). The van der Waals surface area contributed by atoms with E-state index < -0.39 is 24.5 Å². The molecule has 0 saturated carbocycles. The Labute approximate surface area is 133 Å². The van der Waals surface area contributed by atoms with Gasteiger partial charge >= 0.3 is 0 Å². The lowest BCUT2D eigenvalue weighted by atomic mass is 10.1. The van der Waals surface area contributed by atoms with Crippen molar-refractivity contribution in [1.29, 1.82) is 0 Å². The number of fused-ring (bicyclic) bond motifs is 1. The maximum Gasteiger partial charge on any atom is 0.167 e. The van der Waals surface area contributed by atoms with Gasteiger partial charge in [-0.25, -0.2) is 15.0 Å². The van der Waals surface area contributed by atoms with Crippen LogP contribution in [-0.4, -0.2) is 61.8 Å². The van der Waals surface area contributed by atoms with E-state index in [1.807, 2.05) is 13.8 Å². The van der Waals surface area contributed by atoms with Crippen molar-refractivity contribution in [3.63, 3.8) is 0 Å². The molecule has 1 fully saturated rings. The highest BCUT2D eigenvalue weighted by molar-refractivity contribution is 5.81. The van der Waals surface area contributed by atoms with Gasteiger partial charge in [-0.1, -0.05) is 13.8 Å². The van der Waals surface area contributed by atoms with E-state index in [1.165, 1.54) is 13.4 Å². The fraction of sp³-hybridized carbons (Fsp3) is 0.643. The van der Waals surface area contributed by atoms with Crippen LogP contribution in [0.3, 0.4) is 0 Å². The molecule has 0 bridgehead atoms. The summed E-state index contributed by atoms with van der Waals surface area (Å²) < 4.78 is 12.7. The maximum absolute atomic E-state index is 10.2. The molecular weight excluding hydrogens is 302 g/mol. The van der Waals surface area contributed by atoms with Crippen LogP contribution in [0.15, 0.2) is 6.33 Å². The van der Waals surface area contributed by atoms with Crippen LogP contribution in [0.2, 0.25) is 0 Å². The van der Waals surface area contributed by atoms with Gasteiger partial charge < -0.3 is 25.4 Å². The Morgan fingerprint density at radius 1 is 1.43 bits per heavy atom. The highest BCUT2D eigenvalue weighted by Crippen LogP contribution is 2.33. The van der Waals surface area contributed by atoms with Crippen LogP contribution in [0.5, 0.6) is 0 Å². The van der Waals surface area contributed by atoms with Crippen molar-refractivity contribution < 1.29 is 19.7 Å². The molecule has 0 amide bonds. The van der Waals surface area contributed by atoms with Crippen LogP contribution in [-0.2, 0) is 9.47 Å². The van der Waals surface area contributed by atoms with Crippen molar-refractivity contribution >= 4 is 17.0 Å². The van der Waals surface area contributed by atoms with E-state index >= 15 is 0 Å². The molecule has 0 unspecified atom stereocenters. The summed E-state index contributed by atoms with van der Waals surface area (Å²) in [5.74, 6) is 0.996. The van der Waals surface area contributed by atoms with E-state index in [4.69, 9.17) is 15.2 Å². The quantitative estimate of drug-likeness (QED) is 0.705. The largest absolute Gasteiger partial charge is 0.394 e. The zero-order valence-corrected chi connectivity index (χ0v) is 13.2. The molecular formula is C14H21N5O4. The first kappa shape index (κ1) is 16.1. The number of aromatic nitrogens is 4. The molecule has 2 aromatic rings. The first-order chi connectivity index (χ1) is 11.0. The summed E-state index contributed by atoms with van der Waals surface area (Å²) in [4.78, 5) is 13.0. The predicted octanol–water partition coefficient (Wildman–Crippen LogP) is -0.203. The molecule has 0 aliphatic carbocycles. The third kappa shape index (κ3) is 2.55. The average molecular weight is 323 g/mol. The fourth-order valence-corrected chi connectivity index (χ4v) is 2.75. The van der Waals surface area contributed by atoms with Gasteiger partial charge in [0.25, 0.3) is 0 Å². The smallest absolute Gasteiger partial charge is 0.167 e. The second-order valence-electron chi connectivity index (χ2n) is 5.88. The molecule has 23 heavy (non-hydrogen) atoms. The number of nitrogens with zero attached hydrogens (tertiary/aromatic N) is 4. The lowest BCUT2D eigenvalue weighted by Crippen LogP contribution is -2.34. The Bertz CT molecular complexity index is 704. The SMILES string of the molecule is CO[C@@H]1[C@H](O)[C@@H](CO)O[C@H]1n1cnc2c(N)nc(C(C)C)nc21. The third-order valence-electron chi connectivity index (χ3n) is 4.02. The van der Waals surface area contributed by atoms with Crippen molar-refractivity contribution in [2.45, 2.75) is 44.3 Å². The summed E-state index contributed by atoms with van der Waals surface area (Å²) in [6, 6.07) is 0. The monoisotopic (exact) mass is 323 g/mol. The summed E-state index contributed by atoms with van der Waals surface area (Å²) >= 11 is 0. The topological polar surface area (TPSA) is 129 Å². The van der Waals surface area contributed by atoms with Gasteiger partial charge in [-0.05, 0) is 0 Å². The molecule has 126 valence electrons. The van der Waals surface area contributed by atoms with Crippen molar-refractivity contribution in [3.8, 4) is 0 Å². The van der Waals surface area contributed by atoms with Crippen LogP contribution in [0.4, 0.5) is 5.82 Å². The molecule has 1 aliphatic heterocycles. The van der Waals surface area contributed by atoms with Crippen LogP contribution in [0, 0.1) is 0 Å². The number of hydrogen-bond acceptors (Lipinski definition) is 8. The standard InChI is InChI=1S/C14H21N5O4/c1-6(2)12-17-11(15)8-13(18-12)19(5-16-8)14-10(22-3)9(21)7(4-20)23-14/h5-7,9-10,14,20-21H,4H2,1-3H3,(H2,15,17,18)/t7-,9-,10-,14-/m1/s1. The highest BCUT2D eigenvalue weighted by atomic mass is 16.6. The number of ether oxygens (including phenoxy) is 2. The lowest BCUT2D eigenvalue weighted by Gasteiger charge is -2.20. The van der Waals surface area contributed by atoms with E-state index in [9.17, 15) is 10.2 Å². The molecule has 0 spiro atoms. The fourth-order valence-electron chi connectivity index (χ4n) is 2.75. The normalized spacial score (nSPS) is 28.1. The lowest BCUT2D eigenvalue weighted by molar-refractivity contribution is -0.0583. The minimum Gasteiger partial charge on any atom is -0.394 e. The van der Waals surface area contributed by atoms with Gasteiger partial charge in [0.2, 0.25) is 0 Å². The second-order valence-corrected chi connectivity index (χ2v) is 5.88. The first-order valence-corrected chi connectivity index (χ1v) is 7.45. The molecule has 0 radical (unpaired) electrons. The first-order valence-electron chi connectivity index (χ1n) is 7.45. The van der Waals surface area contributed by atoms with E-state index in [0.29, 0.717) is 22.8 Å². The zero-order chi connectivity index (χ0) is 16.7. The van der Waals surface area contributed by atoms with Crippen LogP contribution >= 0.6 is 0 Å². The number of nitrogen functional groups attached to an aromatic ring is 1. The van der Waals surface area contributed by atoms with Gasteiger partial charge in [0, 0.05) is 13.0 Å². The van der Waals surface area contributed by atoms with E-state index in [2.05, 4.69) is 15.0 Å². The molecule has 2 aromatic heterocycles. The number of aliphatic hydroxyl groups excluding tert-OH is 2. The summed E-state index contributed by atoms with van der Waals surface area (Å²) in [7, 11) is 1.48.